The molecule has 3 rings (SSSR count). The van der Waals surface area contributed by atoms with Gasteiger partial charge >= 0.3 is 0 Å². The van der Waals surface area contributed by atoms with E-state index in [0.717, 1.165) is 16.9 Å². The fourth-order valence-electron chi connectivity index (χ4n) is 1.68. The average molecular weight is 211 g/mol. The van der Waals surface area contributed by atoms with Crippen molar-refractivity contribution in [1.82, 2.24) is 19.6 Å². The summed E-state index contributed by atoms with van der Waals surface area (Å²) < 4.78 is 1.87. The van der Waals surface area contributed by atoms with Gasteiger partial charge in [0.05, 0.1) is 11.9 Å². The Hall–Kier alpha value is -2.43. The Morgan fingerprint density at radius 1 is 1.19 bits per heavy atom. The topological polar surface area (TPSA) is 69.1 Å². The van der Waals surface area contributed by atoms with Crippen LogP contribution in [-0.2, 0) is 0 Å². The van der Waals surface area contributed by atoms with E-state index in [-0.39, 0.29) is 0 Å². The Balaban J connectivity index is 2.31. The molecule has 0 radical (unpaired) electrons. The molecule has 78 valence electrons. The first-order valence-electron chi connectivity index (χ1n) is 4.86. The number of anilines is 1. The van der Waals surface area contributed by atoms with Gasteiger partial charge in [-0.15, -0.1) is 0 Å². The smallest absolute Gasteiger partial charge is 0.148 e. The number of rotatable bonds is 1. The first kappa shape index (κ1) is 8.84. The Labute approximate surface area is 91.6 Å². The lowest BCUT2D eigenvalue weighted by Crippen LogP contribution is -1.90. The molecular formula is C11H9N5. The Morgan fingerprint density at radius 3 is 2.94 bits per heavy atom. The number of nitrogen functional groups attached to an aromatic ring is 1. The average Bonchev–Trinajstić information content (AvgIpc) is 2.70. The zero-order chi connectivity index (χ0) is 11.0. The summed E-state index contributed by atoms with van der Waals surface area (Å²) >= 11 is 0. The summed E-state index contributed by atoms with van der Waals surface area (Å²) in [6.07, 6.45) is 5.32. The highest BCUT2D eigenvalue weighted by molar-refractivity contribution is 5.75. The standard InChI is InChI=1S/C11H9N5/c12-10-7-16-6-2-3-8(11(16)14-10)9-4-1-5-13-15-9/h1-7H,12H2. The molecule has 0 aliphatic heterocycles. The number of nitrogens with zero attached hydrogens (tertiary/aromatic N) is 4. The second-order valence-electron chi connectivity index (χ2n) is 3.43. The van der Waals surface area contributed by atoms with Crippen LogP contribution in [0.25, 0.3) is 16.9 Å². The largest absolute Gasteiger partial charge is 0.382 e. The van der Waals surface area contributed by atoms with Gasteiger partial charge in [0, 0.05) is 18.0 Å². The van der Waals surface area contributed by atoms with Crippen LogP contribution in [-0.4, -0.2) is 19.6 Å². The lowest BCUT2D eigenvalue weighted by molar-refractivity contribution is 1.04. The molecule has 0 aromatic carbocycles. The monoisotopic (exact) mass is 211 g/mol. The molecule has 0 unspecified atom stereocenters. The summed E-state index contributed by atoms with van der Waals surface area (Å²) in [6, 6.07) is 7.62. The third kappa shape index (κ3) is 1.30. The number of pyridine rings is 1. The molecule has 5 heteroatoms. The predicted molar refractivity (Wildman–Crippen MR) is 60.6 cm³/mol. The molecule has 16 heavy (non-hydrogen) atoms. The zero-order valence-electron chi connectivity index (χ0n) is 8.41. The SMILES string of the molecule is Nc1cn2cccc(-c3cccnn3)c2n1. The van der Waals surface area contributed by atoms with E-state index in [0.29, 0.717) is 5.82 Å². The van der Waals surface area contributed by atoms with Crippen molar-refractivity contribution in [3.63, 3.8) is 0 Å². The number of aromatic nitrogens is 4. The quantitative estimate of drug-likeness (QED) is 0.660. The van der Waals surface area contributed by atoms with E-state index >= 15 is 0 Å². The fourth-order valence-corrected chi connectivity index (χ4v) is 1.68. The second-order valence-corrected chi connectivity index (χ2v) is 3.43. The van der Waals surface area contributed by atoms with Gasteiger partial charge in [-0.1, -0.05) is 0 Å². The lowest BCUT2D eigenvalue weighted by Gasteiger charge is -2.00. The van der Waals surface area contributed by atoms with E-state index in [4.69, 9.17) is 5.73 Å². The van der Waals surface area contributed by atoms with E-state index in [1.165, 1.54) is 0 Å². The third-order valence-electron chi connectivity index (χ3n) is 2.35. The van der Waals surface area contributed by atoms with Crippen molar-refractivity contribution < 1.29 is 0 Å². The first-order valence-corrected chi connectivity index (χ1v) is 4.86. The summed E-state index contributed by atoms with van der Waals surface area (Å²) in [5.74, 6) is 0.497. The molecule has 0 amide bonds. The van der Waals surface area contributed by atoms with Crippen LogP contribution >= 0.6 is 0 Å². The lowest BCUT2D eigenvalue weighted by atomic mass is 10.2. The first-order chi connectivity index (χ1) is 7.84. The third-order valence-corrected chi connectivity index (χ3v) is 2.35. The number of imidazole rings is 1. The maximum atomic E-state index is 5.67. The van der Waals surface area contributed by atoms with E-state index < -0.39 is 0 Å². The van der Waals surface area contributed by atoms with Crippen molar-refractivity contribution in [3.05, 3.63) is 42.9 Å². The fraction of sp³-hybridized carbons (Fsp3) is 0. The Kier molecular flexibility index (Phi) is 1.83. The van der Waals surface area contributed by atoms with E-state index in [1.54, 1.807) is 12.4 Å². The maximum absolute atomic E-state index is 5.67. The molecule has 3 heterocycles. The maximum Gasteiger partial charge on any atom is 0.148 e. The van der Waals surface area contributed by atoms with Gasteiger partial charge in [-0.25, -0.2) is 4.98 Å². The van der Waals surface area contributed by atoms with Crippen LogP contribution in [0.1, 0.15) is 0 Å². The van der Waals surface area contributed by atoms with Crippen LogP contribution in [0.3, 0.4) is 0 Å². The van der Waals surface area contributed by atoms with E-state index in [9.17, 15) is 0 Å². The van der Waals surface area contributed by atoms with E-state index in [2.05, 4.69) is 15.2 Å². The summed E-state index contributed by atoms with van der Waals surface area (Å²) in [7, 11) is 0. The van der Waals surface area contributed by atoms with Gasteiger partial charge in [0.2, 0.25) is 0 Å². The summed E-state index contributed by atoms with van der Waals surface area (Å²) in [5.41, 5.74) is 8.18. The van der Waals surface area contributed by atoms with Crippen LogP contribution < -0.4 is 5.73 Å². The van der Waals surface area contributed by atoms with Crippen LogP contribution in [0.5, 0.6) is 0 Å². The number of nitrogens with two attached hydrogens (primary N) is 1. The van der Waals surface area contributed by atoms with Gasteiger partial charge < -0.3 is 10.1 Å². The molecule has 0 fully saturated rings. The van der Waals surface area contributed by atoms with Gasteiger partial charge in [0.1, 0.15) is 11.5 Å². The highest BCUT2D eigenvalue weighted by atomic mass is 15.1. The van der Waals surface area contributed by atoms with Crippen LogP contribution in [0.15, 0.2) is 42.9 Å². The summed E-state index contributed by atoms with van der Waals surface area (Å²) in [5, 5.41) is 7.92. The Morgan fingerprint density at radius 2 is 2.12 bits per heavy atom. The minimum Gasteiger partial charge on any atom is -0.382 e. The van der Waals surface area contributed by atoms with Gasteiger partial charge in [-0.05, 0) is 24.3 Å². The van der Waals surface area contributed by atoms with Gasteiger partial charge in [-0.2, -0.15) is 10.2 Å². The number of fused-ring (bicyclic) bond motifs is 1. The van der Waals surface area contributed by atoms with Crippen molar-refractivity contribution in [3.8, 4) is 11.3 Å². The van der Waals surface area contributed by atoms with Crippen molar-refractivity contribution >= 4 is 11.5 Å². The molecule has 0 aliphatic carbocycles. The molecule has 3 aromatic heterocycles. The van der Waals surface area contributed by atoms with Crippen molar-refractivity contribution in [2.45, 2.75) is 0 Å². The van der Waals surface area contributed by atoms with Gasteiger partial charge in [0.15, 0.2) is 0 Å². The zero-order valence-corrected chi connectivity index (χ0v) is 8.41. The van der Waals surface area contributed by atoms with Crippen LogP contribution in [0, 0.1) is 0 Å². The predicted octanol–water partition coefficient (Wildman–Crippen LogP) is 1.37. The molecule has 5 nitrogen and oxygen atoms in total. The Bertz CT molecular complexity index is 629. The van der Waals surface area contributed by atoms with Crippen molar-refractivity contribution in [1.29, 1.82) is 0 Å². The molecule has 0 saturated carbocycles. The van der Waals surface area contributed by atoms with Crippen LogP contribution in [0.4, 0.5) is 5.82 Å². The van der Waals surface area contributed by atoms with Crippen LogP contribution in [0.2, 0.25) is 0 Å². The molecule has 3 aromatic rings. The summed E-state index contributed by atoms with van der Waals surface area (Å²) in [6.45, 7) is 0. The number of hydrogen-bond donors (Lipinski definition) is 1. The second kappa shape index (κ2) is 3.30. The highest BCUT2D eigenvalue weighted by Gasteiger charge is 2.07. The van der Waals surface area contributed by atoms with Gasteiger partial charge in [0.25, 0.3) is 0 Å². The van der Waals surface area contributed by atoms with Gasteiger partial charge in [-0.3, -0.25) is 0 Å². The molecular weight excluding hydrogens is 202 g/mol. The molecule has 0 saturated heterocycles. The molecule has 0 bridgehead atoms. The summed E-state index contributed by atoms with van der Waals surface area (Å²) in [4.78, 5) is 4.26. The van der Waals surface area contributed by atoms with Crippen molar-refractivity contribution in [2.24, 2.45) is 0 Å². The molecule has 0 atom stereocenters. The normalized spacial score (nSPS) is 10.8. The highest BCUT2D eigenvalue weighted by Crippen LogP contribution is 2.21. The van der Waals surface area contributed by atoms with Crippen molar-refractivity contribution in [2.75, 3.05) is 5.73 Å². The molecule has 0 spiro atoms. The number of hydrogen-bond acceptors (Lipinski definition) is 4. The molecule has 0 aliphatic rings. The molecule has 2 N–H and O–H groups in total. The minimum atomic E-state index is 0.497. The van der Waals surface area contributed by atoms with E-state index in [1.807, 2.05) is 34.9 Å². The minimum absolute atomic E-state index is 0.497.